The monoisotopic (exact) mass is 468 g/mol. The first-order valence-corrected chi connectivity index (χ1v) is 12.5. The number of anilines is 1. The Kier molecular flexibility index (Phi) is 5.96. The number of nitrogens with zero attached hydrogens (tertiary/aromatic N) is 4. The van der Waals surface area contributed by atoms with Crippen molar-refractivity contribution < 1.29 is 4.74 Å². The van der Waals surface area contributed by atoms with Gasteiger partial charge in [-0.15, -0.1) is 0 Å². The second-order valence-electron chi connectivity index (χ2n) is 10.1. The third kappa shape index (κ3) is 4.79. The van der Waals surface area contributed by atoms with E-state index in [4.69, 9.17) is 4.74 Å². The van der Waals surface area contributed by atoms with Crippen LogP contribution in [0, 0.1) is 12.8 Å². The van der Waals surface area contributed by atoms with Crippen molar-refractivity contribution in [3.05, 3.63) is 60.7 Å². The second-order valence-corrected chi connectivity index (χ2v) is 10.1. The summed E-state index contributed by atoms with van der Waals surface area (Å²) in [6.07, 6.45) is 7.56. The summed E-state index contributed by atoms with van der Waals surface area (Å²) >= 11 is 0. The van der Waals surface area contributed by atoms with E-state index in [9.17, 15) is 0 Å². The molecule has 2 aliphatic rings. The van der Waals surface area contributed by atoms with E-state index in [1.54, 1.807) is 6.33 Å². The molecule has 2 fully saturated rings. The lowest BCUT2D eigenvalue weighted by atomic mass is 9.80. The van der Waals surface area contributed by atoms with E-state index in [2.05, 4.69) is 61.5 Å². The predicted octanol–water partition coefficient (Wildman–Crippen LogP) is 4.91. The van der Waals surface area contributed by atoms with Crippen molar-refractivity contribution in [2.75, 3.05) is 32.1 Å². The standard InChI is InChI=1S/C28H32N6O/c1-18-4-3-5-26(32-18)28-27(30-17-31-28)20-6-7-25-21(12-20)13-23(14-29-25)33-22-10-19(11-22)16-35-24-8-9-34(2)15-24/h3-7,12-14,17,19,22,24,33H,8-11,15-16H2,1-2H3,(H,30,31)/t19?,22?,24-/m0/s1. The lowest BCUT2D eigenvalue weighted by Gasteiger charge is -2.36. The highest BCUT2D eigenvalue weighted by Gasteiger charge is 2.31. The van der Waals surface area contributed by atoms with Crippen LogP contribution in [0.25, 0.3) is 33.5 Å². The Morgan fingerprint density at radius 1 is 1.14 bits per heavy atom. The van der Waals surface area contributed by atoms with Gasteiger partial charge in [-0.3, -0.25) is 9.97 Å². The average Bonchev–Trinajstić information content (AvgIpc) is 3.49. The maximum atomic E-state index is 6.14. The molecule has 35 heavy (non-hydrogen) atoms. The number of aromatic nitrogens is 4. The number of hydrogen-bond donors (Lipinski definition) is 2. The Morgan fingerprint density at radius 3 is 2.89 bits per heavy atom. The number of rotatable bonds is 7. The topological polar surface area (TPSA) is 79.0 Å². The van der Waals surface area contributed by atoms with Gasteiger partial charge in [-0.2, -0.15) is 0 Å². The van der Waals surface area contributed by atoms with Gasteiger partial charge >= 0.3 is 0 Å². The number of nitrogens with one attached hydrogen (secondary N) is 2. The fourth-order valence-electron chi connectivity index (χ4n) is 5.28. The van der Waals surface area contributed by atoms with Gasteiger partial charge in [0, 0.05) is 42.4 Å². The molecule has 4 aromatic rings. The molecule has 1 aliphatic heterocycles. The van der Waals surface area contributed by atoms with Gasteiger partial charge in [0.15, 0.2) is 0 Å². The van der Waals surface area contributed by atoms with Crippen molar-refractivity contribution in [2.24, 2.45) is 5.92 Å². The summed E-state index contributed by atoms with van der Waals surface area (Å²) in [6, 6.07) is 15.0. The second kappa shape index (κ2) is 9.40. The van der Waals surface area contributed by atoms with Gasteiger partial charge in [-0.25, -0.2) is 4.98 Å². The smallest absolute Gasteiger partial charge is 0.0977 e. The Bertz CT molecular complexity index is 1330. The Morgan fingerprint density at radius 2 is 2.06 bits per heavy atom. The molecule has 7 heteroatoms. The molecule has 0 amide bonds. The van der Waals surface area contributed by atoms with Gasteiger partial charge in [-0.05, 0) is 69.5 Å². The molecule has 0 radical (unpaired) electrons. The summed E-state index contributed by atoms with van der Waals surface area (Å²) in [5.41, 5.74) is 6.81. The molecule has 1 saturated heterocycles. The highest BCUT2D eigenvalue weighted by molar-refractivity contribution is 5.88. The number of aryl methyl sites for hydroxylation is 1. The average molecular weight is 469 g/mol. The van der Waals surface area contributed by atoms with E-state index in [0.29, 0.717) is 18.1 Å². The summed E-state index contributed by atoms with van der Waals surface area (Å²) in [7, 11) is 2.17. The number of ether oxygens (including phenoxy) is 1. The van der Waals surface area contributed by atoms with Crippen LogP contribution in [0.3, 0.4) is 0 Å². The van der Waals surface area contributed by atoms with Gasteiger partial charge < -0.3 is 19.9 Å². The van der Waals surface area contributed by atoms with Gasteiger partial charge in [0.05, 0.1) is 46.9 Å². The van der Waals surface area contributed by atoms with Crippen LogP contribution in [-0.4, -0.2) is 63.7 Å². The first-order valence-electron chi connectivity index (χ1n) is 12.5. The molecular formula is C28H32N6O. The number of pyridine rings is 2. The molecule has 1 atom stereocenters. The van der Waals surface area contributed by atoms with Crippen molar-refractivity contribution in [1.29, 1.82) is 0 Å². The molecule has 1 aliphatic carbocycles. The zero-order chi connectivity index (χ0) is 23.8. The van der Waals surface area contributed by atoms with Crippen molar-refractivity contribution in [2.45, 2.75) is 38.3 Å². The fraction of sp³-hybridized carbons (Fsp3) is 0.393. The van der Waals surface area contributed by atoms with Crippen LogP contribution in [0.15, 0.2) is 55.0 Å². The highest BCUT2D eigenvalue weighted by atomic mass is 16.5. The van der Waals surface area contributed by atoms with Gasteiger partial charge in [0.1, 0.15) is 0 Å². The van der Waals surface area contributed by atoms with E-state index < -0.39 is 0 Å². The van der Waals surface area contributed by atoms with E-state index in [-0.39, 0.29) is 0 Å². The van der Waals surface area contributed by atoms with Gasteiger partial charge in [0.25, 0.3) is 0 Å². The minimum Gasteiger partial charge on any atom is -0.381 e. The Hall–Kier alpha value is -3.29. The molecule has 0 bridgehead atoms. The van der Waals surface area contributed by atoms with Crippen LogP contribution in [-0.2, 0) is 4.74 Å². The van der Waals surface area contributed by atoms with Crippen molar-refractivity contribution in [1.82, 2.24) is 24.8 Å². The van der Waals surface area contributed by atoms with Crippen molar-refractivity contribution in [3.8, 4) is 22.6 Å². The number of benzene rings is 1. The number of imidazole rings is 1. The van der Waals surface area contributed by atoms with Crippen LogP contribution in [0.2, 0.25) is 0 Å². The SMILES string of the molecule is Cc1cccc(-c2[nH]cnc2-c2ccc3ncc(NC4CC(CO[C@H]5CCN(C)C5)C4)cc3c2)n1. The number of likely N-dealkylation sites (N-methyl/N-ethyl adjacent to an activating group) is 1. The van der Waals surface area contributed by atoms with Crippen LogP contribution in [0.5, 0.6) is 0 Å². The van der Waals surface area contributed by atoms with Crippen LogP contribution >= 0.6 is 0 Å². The molecule has 2 N–H and O–H groups in total. The number of H-pyrrole nitrogens is 1. The molecule has 3 aromatic heterocycles. The predicted molar refractivity (Wildman–Crippen MR) is 139 cm³/mol. The maximum absolute atomic E-state index is 6.14. The zero-order valence-corrected chi connectivity index (χ0v) is 20.4. The Balaban J connectivity index is 1.13. The zero-order valence-electron chi connectivity index (χ0n) is 20.4. The van der Waals surface area contributed by atoms with E-state index in [1.165, 1.54) is 0 Å². The lowest BCUT2D eigenvalue weighted by molar-refractivity contribution is 0.0139. The quantitative estimate of drug-likeness (QED) is 0.401. The van der Waals surface area contributed by atoms with Crippen molar-refractivity contribution in [3.63, 3.8) is 0 Å². The lowest BCUT2D eigenvalue weighted by Crippen LogP contribution is -2.38. The molecule has 1 aromatic carbocycles. The third-order valence-electron chi connectivity index (χ3n) is 7.26. The van der Waals surface area contributed by atoms with Gasteiger partial charge in [-0.1, -0.05) is 12.1 Å². The summed E-state index contributed by atoms with van der Waals surface area (Å²) < 4.78 is 6.14. The van der Waals surface area contributed by atoms with Crippen LogP contribution in [0.1, 0.15) is 25.0 Å². The first kappa shape index (κ1) is 22.2. The van der Waals surface area contributed by atoms with Gasteiger partial charge in [0.2, 0.25) is 0 Å². The normalized spacial score (nSPS) is 22.4. The van der Waals surface area contributed by atoms with Crippen LogP contribution < -0.4 is 5.32 Å². The summed E-state index contributed by atoms with van der Waals surface area (Å²) in [6.45, 7) is 5.11. The molecule has 180 valence electrons. The minimum absolute atomic E-state index is 0.419. The number of likely N-dealkylation sites (tertiary alicyclic amines) is 1. The summed E-state index contributed by atoms with van der Waals surface area (Å²) in [4.78, 5) is 19.6. The first-order chi connectivity index (χ1) is 17.1. The molecule has 6 rings (SSSR count). The third-order valence-corrected chi connectivity index (χ3v) is 7.26. The molecule has 4 heterocycles. The van der Waals surface area contributed by atoms with E-state index in [1.807, 2.05) is 31.3 Å². The highest BCUT2D eigenvalue weighted by Crippen LogP contribution is 2.33. The fourth-order valence-corrected chi connectivity index (χ4v) is 5.28. The number of fused-ring (bicyclic) bond motifs is 1. The largest absolute Gasteiger partial charge is 0.381 e. The molecule has 1 saturated carbocycles. The summed E-state index contributed by atoms with van der Waals surface area (Å²) in [5, 5.41) is 4.78. The van der Waals surface area contributed by atoms with E-state index >= 15 is 0 Å². The summed E-state index contributed by atoms with van der Waals surface area (Å²) in [5.74, 6) is 0.659. The number of hydrogen-bond acceptors (Lipinski definition) is 6. The van der Waals surface area contributed by atoms with E-state index in [0.717, 1.165) is 83.9 Å². The minimum atomic E-state index is 0.419. The molecule has 7 nitrogen and oxygen atoms in total. The van der Waals surface area contributed by atoms with Crippen LogP contribution in [0.4, 0.5) is 5.69 Å². The molecular weight excluding hydrogens is 436 g/mol. The van der Waals surface area contributed by atoms with Crippen molar-refractivity contribution >= 4 is 16.6 Å². The number of aromatic amines is 1. The Labute approximate surface area is 206 Å². The molecule has 0 spiro atoms. The molecule has 0 unspecified atom stereocenters. The maximum Gasteiger partial charge on any atom is 0.0977 e.